The highest BCUT2D eigenvalue weighted by Gasteiger charge is 2.40. The standard InChI is InChI=1S/C20H21F5N6O/c1-18(2,3)17-26-15-14(16(27-17)30-9-8-19(21,22)11-30)28-31(29-15)10-12-6-4-5-7-13(12)32-20(23,24)25/h4-7H,8-11H2,1-3H3. The van der Waals surface area contributed by atoms with Crippen LogP contribution in [0.1, 0.15) is 38.6 Å². The number of para-hydroxylation sites is 1. The molecule has 172 valence electrons. The number of ether oxygens (including phenoxy) is 1. The molecule has 0 saturated carbocycles. The molecule has 3 aromatic rings. The largest absolute Gasteiger partial charge is 0.573 e. The Kier molecular flexibility index (Phi) is 5.21. The Morgan fingerprint density at radius 2 is 1.78 bits per heavy atom. The van der Waals surface area contributed by atoms with Crippen molar-refractivity contribution in [2.45, 2.75) is 51.4 Å². The number of hydrogen-bond acceptors (Lipinski definition) is 6. The van der Waals surface area contributed by atoms with Crippen LogP contribution in [-0.4, -0.2) is 50.3 Å². The molecule has 1 saturated heterocycles. The minimum absolute atomic E-state index is 0.0951. The van der Waals surface area contributed by atoms with Crippen molar-refractivity contribution in [2.24, 2.45) is 0 Å². The number of benzene rings is 1. The molecule has 0 atom stereocenters. The lowest BCUT2D eigenvalue weighted by Crippen LogP contribution is -2.27. The number of nitrogens with zero attached hydrogens (tertiary/aromatic N) is 6. The molecule has 0 unspecified atom stereocenters. The molecule has 0 radical (unpaired) electrons. The van der Waals surface area contributed by atoms with Gasteiger partial charge in [0.25, 0.3) is 5.92 Å². The second-order valence-corrected chi connectivity index (χ2v) is 8.71. The van der Waals surface area contributed by atoms with E-state index in [4.69, 9.17) is 0 Å². The van der Waals surface area contributed by atoms with Crippen molar-refractivity contribution in [3.05, 3.63) is 35.7 Å². The highest BCUT2D eigenvalue weighted by Crippen LogP contribution is 2.34. The molecular weight excluding hydrogens is 435 g/mol. The van der Waals surface area contributed by atoms with Crippen LogP contribution in [0, 0.1) is 0 Å². The summed E-state index contributed by atoms with van der Waals surface area (Å²) in [5.74, 6) is -2.57. The van der Waals surface area contributed by atoms with Gasteiger partial charge < -0.3 is 9.64 Å². The van der Waals surface area contributed by atoms with Crippen LogP contribution in [-0.2, 0) is 12.0 Å². The number of fused-ring (bicyclic) bond motifs is 1. The quantitative estimate of drug-likeness (QED) is 0.545. The Hall–Kier alpha value is -3.05. The highest BCUT2D eigenvalue weighted by molar-refractivity contribution is 5.82. The third-order valence-corrected chi connectivity index (χ3v) is 4.92. The van der Waals surface area contributed by atoms with Crippen LogP contribution in [0.3, 0.4) is 0 Å². The summed E-state index contributed by atoms with van der Waals surface area (Å²) in [6.45, 7) is 5.10. The molecule has 12 heteroatoms. The van der Waals surface area contributed by atoms with E-state index >= 15 is 0 Å². The van der Waals surface area contributed by atoms with Gasteiger partial charge in [0.1, 0.15) is 11.6 Å². The van der Waals surface area contributed by atoms with Crippen molar-refractivity contribution < 1.29 is 26.7 Å². The molecule has 3 heterocycles. The Balaban J connectivity index is 1.75. The van der Waals surface area contributed by atoms with Gasteiger partial charge >= 0.3 is 6.36 Å². The average Bonchev–Trinajstić information content (AvgIpc) is 3.22. The summed E-state index contributed by atoms with van der Waals surface area (Å²) in [4.78, 5) is 11.5. The molecule has 0 N–H and O–H groups in total. The van der Waals surface area contributed by atoms with Crippen molar-refractivity contribution in [3.8, 4) is 5.75 Å². The average molecular weight is 456 g/mol. The van der Waals surface area contributed by atoms with E-state index in [2.05, 4.69) is 24.9 Å². The van der Waals surface area contributed by atoms with E-state index in [1.165, 1.54) is 27.9 Å². The minimum Gasteiger partial charge on any atom is -0.405 e. The van der Waals surface area contributed by atoms with Gasteiger partial charge in [-0.3, -0.25) is 0 Å². The highest BCUT2D eigenvalue weighted by atomic mass is 19.4. The van der Waals surface area contributed by atoms with Gasteiger partial charge in [0.15, 0.2) is 11.3 Å². The predicted octanol–water partition coefficient (Wildman–Crippen LogP) is 4.31. The fourth-order valence-corrected chi connectivity index (χ4v) is 3.39. The smallest absolute Gasteiger partial charge is 0.405 e. The van der Waals surface area contributed by atoms with Crippen molar-refractivity contribution >= 4 is 17.0 Å². The van der Waals surface area contributed by atoms with Crippen molar-refractivity contribution in [2.75, 3.05) is 18.0 Å². The molecule has 4 rings (SSSR count). The number of halogens is 5. The SMILES string of the molecule is CC(C)(C)c1nc(N2CCC(F)(F)C2)c2nn(Cc3ccccc3OC(F)(F)F)nc2n1. The van der Waals surface area contributed by atoms with Gasteiger partial charge in [-0.1, -0.05) is 39.0 Å². The Bertz CT molecular complexity index is 1140. The van der Waals surface area contributed by atoms with E-state index in [-0.39, 0.29) is 47.8 Å². The Morgan fingerprint density at radius 1 is 1.06 bits per heavy atom. The predicted molar refractivity (Wildman–Crippen MR) is 106 cm³/mol. The van der Waals surface area contributed by atoms with Crippen LogP contribution in [0.25, 0.3) is 11.2 Å². The van der Waals surface area contributed by atoms with Gasteiger partial charge in [-0.05, 0) is 6.07 Å². The van der Waals surface area contributed by atoms with Crippen LogP contribution in [0.15, 0.2) is 24.3 Å². The molecule has 1 aromatic carbocycles. The second-order valence-electron chi connectivity index (χ2n) is 8.71. The lowest BCUT2D eigenvalue weighted by molar-refractivity contribution is -0.274. The zero-order chi connectivity index (χ0) is 23.3. The molecule has 1 fully saturated rings. The number of rotatable bonds is 4. The maximum absolute atomic E-state index is 13.9. The van der Waals surface area contributed by atoms with Gasteiger partial charge in [0.2, 0.25) is 5.65 Å². The second kappa shape index (κ2) is 7.52. The monoisotopic (exact) mass is 456 g/mol. The molecule has 0 amide bonds. The summed E-state index contributed by atoms with van der Waals surface area (Å²) in [7, 11) is 0. The fourth-order valence-electron chi connectivity index (χ4n) is 3.39. The summed E-state index contributed by atoms with van der Waals surface area (Å²) in [5, 5.41) is 8.61. The zero-order valence-electron chi connectivity index (χ0n) is 17.6. The molecule has 7 nitrogen and oxygen atoms in total. The third kappa shape index (κ3) is 4.73. The number of alkyl halides is 5. The van der Waals surface area contributed by atoms with E-state index < -0.39 is 24.2 Å². The number of hydrogen-bond donors (Lipinski definition) is 0. The summed E-state index contributed by atoms with van der Waals surface area (Å²) < 4.78 is 70.0. The van der Waals surface area contributed by atoms with E-state index in [0.717, 1.165) is 0 Å². The summed E-state index contributed by atoms with van der Waals surface area (Å²) in [5.41, 5.74) is 0.111. The van der Waals surface area contributed by atoms with Crippen LogP contribution in [0.2, 0.25) is 0 Å². The molecule has 32 heavy (non-hydrogen) atoms. The van der Waals surface area contributed by atoms with Crippen molar-refractivity contribution in [1.82, 2.24) is 25.0 Å². The minimum atomic E-state index is -4.85. The summed E-state index contributed by atoms with van der Waals surface area (Å²) in [6, 6.07) is 5.64. The van der Waals surface area contributed by atoms with Crippen molar-refractivity contribution in [3.63, 3.8) is 0 Å². The molecule has 0 spiro atoms. The molecule has 0 bridgehead atoms. The van der Waals surface area contributed by atoms with Gasteiger partial charge in [-0.15, -0.1) is 23.4 Å². The van der Waals surface area contributed by atoms with E-state index in [1.807, 2.05) is 20.8 Å². The van der Waals surface area contributed by atoms with Gasteiger partial charge in [0.05, 0.1) is 13.1 Å². The van der Waals surface area contributed by atoms with Crippen LogP contribution < -0.4 is 9.64 Å². The lowest BCUT2D eigenvalue weighted by atomic mass is 9.96. The normalized spacial score (nSPS) is 16.7. The molecule has 1 aliphatic heterocycles. The maximum Gasteiger partial charge on any atom is 0.573 e. The number of anilines is 1. The zero-order valence-corrected chi connectivity index (χ0v) is 17.6. The van der Waals surface area contributed by atoms with E-state index in [9.17, 15) is 22.0 Å². The van der Waals surface area contributed by atoms with Crippen molar-refractivity contribution in [1.29, 1.82) is 0 Å². The summed E-state index contributed by atoms with van der Waals surface area (Å²) in [6.07, 6.45) is -5.15. The maximum atomic E-state index is 13.9. The Morgan fingerprint density at radius 3 is 2.41 bits per heavy atom. The topological polar surface area (TPSA) is 69.0 Å². The summed E-state index contributed by atoms with van der Waals surface area (Å²) >= 11 is 0. The lowest BCUT2D eigenvalue weighted by Gasteiger charge is -2.21. The first-order chi connectivity index (χ1) is 14.8. The van der Waals surface area contributed by atoms with E-state index in [0.29, 0.717) is 5.82 Å². The van der Waals surface area contributed by atoms with Gasteiger partial charge in [-0.25, -0.2) is 18.7 Å². The van der Waals surface area contributed by atoms with Crippen LogP contribution >= 0.6 is 0 Å². The molecule has 1 aliphatic rings. The molecule has 0 aliphatic carbocycles. The van der Waals surface area contributed by atoms with Crippen LogP contribution in [0.5, 0.6) is 5.75 Å². The van der Waals surface area contributed by atoms with E-state index in [1.54, 1.807) is 6.07 Å². The first kappa shape index (κ1) is 22.2. The fraction of sp³-hybridized carbons (Fsp3) is 0.500. The van der Waals surface area contributed by atoms with Gasteiger partial charge in [0, 0.05) is 23.9 Å². The number of aromatic nitrogens is 5. The van der Waals surface area contributed by atoms with Gasteiger partial charge in [-0.2, -0.15) is 4.80 Å². The van der Waals surface area contributed by atoms with Crippen LogP contribution in [0.4, 0.5) is 27.8 Å². The first-order valence-electron chi connectivity index (χ1n) is 9.91. The molecular formula is C20H21F5N6O. The Labute approximate surface area is 180 Å². The molecule has 2 aromatic heterocycles. The third-order valence-electron chi connectivity index (χ3n) is 4.92. The first-order valence-corrected chi connectivity index (χ1v) is 9.91.